The van der Waals surface area contributed by atoms with E-state index in [1.807, 2.05) is 16.7 Å². The molecule has 0 spiro atoms. The average Bonchev–Trinajstić information content (AvgIpc) is 1.55. The van der Waals surface area contributed by atoms with E-state index in [9.17, 15) is 0 Å². The number of anilines is 6. The summed E-state index contributed by atoms with van der Waals surface area (Å²) in [6.45, 7) is 30.8. The number of allylic oxidation sites excluding steroid dienone is 10. The summed E-state index contributed by atoms with van der Waals surface area (Å²) in [6.07, 6.45) is 57.9. The molecule has 0 radical (unpaired) electrons. The molecule has 6 heterocycles. The Hall–Kier alpha value is -10.2. The maximum Gasteiger partial charge on any atom is 0.162 e. The summed E-state index contributed by atoms with van der Waals surface area (Å²) in [5.74, 6) is 4.88. The number of benzene rings is 8. The molecule has 8 aromatic rings. The Morgan fingerprint density at radius 1 is 0.208 bits per heavy atom. The molecule has 6 unspecified atom stereocenters. The second-order valence-electron chi connectivity index (χ2n) is 46.0. The lowest BCUT2D eigenvalue weighted by Gasteiger charge is -2.44. The van der Waals surface area contributed by atoms with Gasteiger partial charge in [0.2, 0.25) is 0 Å². The number of para-hydroxylation sites is 6. The van der Waals surface area contributed by atoms with E-state index in [0.717, 1.165) is 28.6 Å². The smallest absolute Gasteiger partial charge is 0.162 e. The van der Waals surface area contributed by atoms with Gasteiger partial charge in [0.15, 0.2) is 7.06 Å². The molecule has 0 amide bonds. The molecule has 5 N–H and O–H groups in total. The SMILES string of the molecule is CC1=C(c2ccccc2)N(C2CCCC2)C(C2CCCCC2)N1c1ccccc1C.[2H]N1C(C)=C(C)N(c2ccccc2C)C1C1CCCCC1.[2H]N1C(C)=C(C)N(c2ccccc2C)C1C1CCCCC1.[2H]N1C(C2CCCC2)=C(C)N(c2ccccc2C)C1C1CCCCC1.[2H]N1C(C2CCCCC2)=C(C)N(c2ccccc2C)C1C1CCCCC1.[2H]N1C(c2ccccc2)=C(C)N(c2ccccc2C)C1C1CCCCC1. The molecule has 9 aliphatic carbocycles. The van der Waals surface area contributed by atoms with Crippen LogP contribution in [0, 0.1) is 88.9 Å². The Bertz CT molecular complexity index is 5810. The van der Waals surface area contributed by atoms with Crippen molar-refractivity contribution in [2.75, 3.05) is 29.4 Å². The summed E-state index contributed by atoms with van der Waals surface area (Å²) in [5.41, 5.74) is 33.3. The van der Waals surface area contributed by atoms with Crippen LogP contribution in [-0.2, 0) is 0 Å². The van der Waals surface area contributed by atoms with Gasteiger partial charge in [0.25, 0.3) is 0 Å². The molecule has 0 aromatic heterocycles. The predicted molar refractivity (Wildman–Crippen MR) is 613 cm³/mol. The number of hydrogen-bond acceptors (Lipinski definition) is 12. The van der Waals surface area contributed by atoms with Crippen LogP contribution < -0.4 is 55.9 Å². The van der Waals surface area contributed by atoms with Gasteiger partial charge in [0.1, 0.15) is 37.0 Å². The highest BCUT2D eigenvalue weighted by Gasteiger charge is 2.49. The van der Waals surface area contributed by atoms with E-state index in [4.69, 9.17) is 7.06 Å². The largest absolute Gasteiger partial charge is 0.367 e. The molecule has 144 heavy (non-hydrogen) atoms. The summed E-state index contributed by atoms with van der Waals surface area (Å²) in [5, 5.41) is 9.21. The third-order valence-corrected chi connectivity index (χ3v) is 36.5. The normalized spacial score (nSPS) is 25.1. The van der Waals surface area contributed by atoms with E-state index in [-0.39, 0.29) is 30.8 Å². The Labute approximate surface area is 879 Å². The molecular weight excluding hydrogens is 1750 g/mol. The zero-order valence-electron chi connectivity index (χ0n) is 96.1. The fraction of sp³-hybridized carbons (Fsp3) is 0.545. The second-order valence-corrected chi connectivity index (χ2v) is 46.0. The van der Waals surface area contributed by atoms with Gasteiger partial charge < -0.3 is 60.8 Å². The van der Waals surface area contributed by atoms with Crippen LogP contribution >= 0.6 is 0 Å². The summed E-state index contributed by atoms with van der Waals surface area (Å²) >= 11 is 0. The molecular formula is C132H182N12. The zero-order valence-corrected chi connectivity index (χ0v) is 91.1. The summed E-state index contributed by atoms with van der Waals surface area (Å²) < 4.78 is 44.3. The average molecular weight is 1940 g/mol. The fourth-order valence-electron chi connectivity index (χ4n) is 28.4. The predicted octanol–water partition coefficient (Wildman–Crippen LogP) is 34.0. The Morgan fingerprint density at radius 2 is 0.444 bits per heavy atom. The van der Waals surface area contributed by atoms with Gasteiger partial charge in [0, 0.05) is 109 Å². The van der Waals surface area contributed by atoms with E-state index in [1.54, 1.807) is 15.9 Å². The van der Waals surface area contributed by atoms with Crippen LogP contribution in [0.3, 0.4) is 0 Å². The summed E-state index contributed by atoms with van der Waals surface area (Å²) in [7, 11) is 0. The minimum absolute atomic E-state index is 0.0895. The minimum atomic E-state index is 0.0895. The molecule has 9 saturated carbocycles. The Kier molecular flexibility index (Phi) is 33.4. The summed E-state index contributed by atoms with van der Waals surface area (Å²) in [6, 6.07) is 74.5. The van der Waals surface area contributed by atoms with Crippen LogP contribution in [0.15, 0.2) is 263 Å². The van der Waals surface area contributed by atoms with Crippen LogP contribution in [0.4, 0.5) is 34.1 Å². The van der Waals surface area contributed by atoms with Gasteiger partial charge in [-0.25, -0.2) is 0 Å². The van der Waals surface area contributed by atoms with Crippen molar-refractivity contribution in [2.24, 2.45) is 47.3 Å². The Morgan fingerprint density at radius 3 is 0.757 bits per heavy atom. The molecule has 0 bridgehead atoms. The van der Waals surface area contributed by atoms with Gasteiger partial charge in [-0.2, -0.15) is 0 Å². The fourth-order valence-corrected chi connectivity index (χ4v) is 28.4. The minimum Gasteiger partial charge on any atom is -0.367 e. The van der Waals surface area contributed by atoms with Gasteiger partial charge in [-0.05, 0) is 329 Å². The van der Waals surface area contributed by atoms with E-state index in [0.29, 0.717) is 53.6 Å². The molecule has 23 rings (SSSR count). The van der Waals surface area contributed by atoms with Crippen LogP contribution in [0.1, 0.15) is 376 Å². The lowest BCUT2D eigenvalue weighted by molar-refractivity contribution is 0.150. The quantitative estimate of drug-likeness (QED) is 0.0602. The number of nitrogens with zero attached hydrogens (tertiary/aromatic N) is 7. The van der Waals surface area contributed by atoms with Crippen molar-refractivity contribution in [3.8, 4) is 0 Å². The zero-order chi connectivity index (χ0) is 104. The highest BCUT2D eigenvalue weighted by atomic mass is 15.4. The number of hydrogen-bond donors (Lipinski definition) is 5. The Balaban J connectivity index is 0.000000117. The third kappa shape index (κ3) is 23.5. The number of aryl methyl sites for hydroxylation is 6. The first-order chi connectivity index (χ1) is 72.5. The maximum absolute atomic E-state index is 9.13. The van der Waals surface area contributed by atoms with Crippen molar-refractivity contribution in [3.63, 3.8) is 0 Å². The molecule has 15 aliphatic rings. The number of rotatable bonds is 17. The highest BCUT2D eigenvalue weighted by Crippen LogP contribution is 2.52. The van der Waals surface area contributed by atoms with E-state index < -0.39 is 0 Å². The van der Waals surface area contributed by atoms with E-state index in [1.165, 1.54) is 400 Å². The molecule has 770 valence electrons. The van der Waals surface area contributed by atoms with Crippen LogP contribution in [0.25, 0.3) is 11.4 Å². The first-order valence-electron chi connectivity index (χ1n) is 60.3. The van der Waals surface area contributed by atoms with Gasteiger partial charge >= 0.3 is 0 Å². The standard InChI is InChI=1S/C28H36N2.C23H34N2.C23H28N2.C22H32N2.2C18H26N2/c1-21-13-9-12-20-26(21)29-22(2)27(23-14-5-3-6-15-23)30(25-18-10-11-19-25)28(29)24-16-7-4-8-17-24;2*1-17-11-9-10-16-21(17)25-18(2)22(19-12-5-3-6-13-19)24-23(25)20-14-7-4-8-15-20;1-16-10-6-9-15-20(16)24-17(2)21(18-11-7-8-12-18)23-22(24)19-13-4-3-5-14-19;2*1-13-9-7-8-12-17(13)20-15(3)14(2)19-18(20)16-10-5-4-6-11-16/h3,5-6,9,12-15,20,24-25,28H,4,7-8,10-11,16-19H2,1-2H3;9-11,16,19-20,23-24H,3-8,12-15H2,1-2H3;3,5-6,9-13,16,20,23-24H,4,7-8,14-15H2,1-2H3;6,9-10,15,18-19,22-23H,3-5,7-8,11-14H2,1-2H3;2*7-9,12,16,18-19H,4-6,10-11H2,1-3H3/i/hD5. The summed E-state index contributed by atoms with van der Waals surface area (Å²) in [4.78, 5) is 17.9. The monoisotopic (exact) mass is 1940 g/mol. The van der Waals surface area contributed by atoms with Crippen LogP contribution in [0.5, 0.6) is 0 Å². The first-order valence-corrected chi connectivity index (χ1v) is 58.1. The van der Waals surface area contributed by atoms with Gasteiger partial charge in [0.05, 0.1) is 11.4 Å². The second kappa shape index (κ2) is 49.5. The van der Waals surface area contributed by atoms with Crippen LogP contribution in [-0.4, -0.2) is 47.9 Å². The lowest BCUT2D eigenvalue weighted by atomic mass is 9.85. The first kappa shape index (κ1) is 97.2. The molecule has 9 fully saturated rings. The van der Waals surface area contributed by atoms with Crippen molar-refractivity contribution in [1.82, 2.24) is 31.4 Å². The third-order valence-electron chi connectivity index (χ3n) is 36.5. The molecule has 8 aromatic carbocycles. The molecule has 0 saturated heterocycles. The highest BCUT2D eigenvalue weighted by molar-refractivity contribution is 5.79. The number of nitrogens with one attached hydrogen (secondary N) is 5. The van der Waals surface area contributed by atoms with Crippen molar-refractivity contribution in [1.29, 1.82) is 0 Å². The van der Waals surface area contributed by atoms with Gasteiger partial charge in [-0.1, -0.05) is 330 Å². The van der Waals surface area contributed by atoms with E-state index in [2.05, 4.69) is 331 Å². The molecule has 6 atom stereocenters. The lowest BCUT2D eigenvalue weighted by Crippen LogP contribution is -2.50. The molecule has 6 aliphatic heterocycles. The maximum atomic E-state index is 9.13. The van der Waals surface area contributed by atoms with Gasteiger partial charge in [-0.15, -0.1) is 0 Å². The van der Waals surface area contributed by atoms with Crippen molar-refractivity contribution in [2.45, 2.75) is 416 Å². The topological polar surface area (TPSA) is 82.8 Å². The molecule has 12 nitrogen and oxygen atoms in total. The molecule has 12 heteroatoms. The van der Waals surface area contributed by atoms with Crippen LogP contribution in [0.2, 0.25) is 7.06 Å². The van der Waals surface area contributed by atoms with Crippen molar-refractivity contribution in [3.05, 3.63) is 308 Å². The van der Waals surface area contributed by atoms with E-state index >= 15 is 0 Å². The van der Waals surface area contributed by atoms with Crippen molar-refractivity contribution >= 4 is 45.5 Å². The van der Waals surface area contributed by atoms with Gasteiger partial charge in [-0.3, -0.25) is 0 Å². The van der Waals surface area contributed by atoms with Crippen molar-refractivity contribution < 1.29 is 7.06 Å².